The van der Waals surface area contributed by atoms with Gasteiger partial charge in [0, 0.05) is 55.7 Å². The van der Waals surface area contributed by atoms with Crippen molar-refractivity contribution in [2.45, 2.75) is 0 Å². The van der Waals surface area contributed by atoms with E-state index in [-0.39, 0.29) is 6.71 Å². The van der Waals surface area contributed by atoms with Crippen LogP contribution in [0.4, 0.5) is 34.1 Å². The van der Waals surface area contributed by atoms with Crippen LogP contribution in [0.15, 0.2) is 197 Å². The molecule has 4 nitrogen and oxygen atoms in total. The molecule has 13 rings (SSSR count). The Hall–Kier alpha value is -7.50. The van der Waals surface area contributed by atoms with Crippen LogP contribution in [0.5, 0.6) is 0 Å². The fraction of sp³-hybridized carbons (Fsp3) is 0. The Bertz CT molecular complexity index is 3450. The van der Waals surface area contributed by atoms with Crippen molar-refractivity contribution >= 4 is 112 Å². The number of nitrogens with zero attached hydrogens (tertiary/aromatic N) is 2. The van der Waals surface area contributed by atoms with Crippen molar-refractivity contribution in [3.05, 3.63) is 188 Å². The molecule has 9 aromatic carbocycles. The minimum atomic E-state index is 0.0781. The van der Waals surface area contributed by atoms with Crippen molar-refractivity contribution in [1.82, 2.24) is 0 Å². The van der Waals surface area contributed by atoms with Crippen LogP contribution in [0, 0.1) is 0 Å². The fourth-order valence-electron chi connectivity index (χ4n) is 9.77. The summed E-state index contributed by atoms with van der Waals surface area (Å²) in [6, 6.07) is 67.9. The van der Waals surface area contributed by atoms with E-state index in [1.165, 1.54) is 61.0 Å². The average Bonchev–Trinajstić information content (AvgIpc) is 3.84. The number of benzene rings is 9. The van der Waals surface area contributed by atoms with Gasteiger partial charge >= 0.3 is 0 Å². The van der Waals surface area contributed by atoms with Crippen LogP contribution in [-0.2, 0) is 0 Å². The molecular weight excluding hydrogens is 695 g/mol. The third kappa shape index (κ3) is 4.34. The zero-order valence-corrected chi connectivity index (χ0v) is 30.7. The molecule has 2 aromatic heterocycles. The summed E-state index contributed by atoms with van der Waals surface area (Å²) in [5, 5.41) is 6.97. The molecule has 0 N–H and O–H groups in total. The van der Waals surface area contributed by atoms with Gasteiger partial charge in [0.25, 0.3) is 6.71 Å². The zero-order chi connectivity index (χ0) is 37.2. The van der Waals surface area contributed by atoms with E-state index in [0.29, 0.717) is 0 Å². The molecule has 0 amide bonds. The van der Waals surface area contributed by atoms with Crippen LogP contribution in [-0.4, -0.2) is 6.71 Å². The van der Waals surface area contributed by atoms with Gasteiger partial charge in [-0.25, -0.2) is 0 Å². The van der Waals surface area contributed by atoms with Crippen molar-refractivity contribution in [3.63, 3.8) is 0 Å². The van der Waals surface area contributed by atoms with Crippen LogP contribution in [0.2, 0.25) is 0 Å². The molecule has 0 atom stereocenters. The third-order valence-electron chi connectivity index (χ3n) is 12.2. The lowest BCUT2D eigenvalue weighted by Crippen LogP contribution is -2.61. The summed E-state index contributed by atoms with van der Waals surface area (Å²) in [5.74, 6) is 0. The van der Waals surface area contributed by atoms with Gasteiger partial charge in [-0.1, -0.05) is 109 Å². The first-order valence-electron chi connectivity index (χ1n) is 19.5. The van der Waals surface area contributed by atoms with Gasteiger partial charge in [0.2, 0.25) is 0 Å². The second-order valence-electron chi connectivity index (χ2n) is 15.2. The van der Waals surface area contributed by atoms with Crippen molar-refractivity contribution in [2.75, 3.05) is 9.80 Å². The van der Waals surface area contributed by atoms with E-state index < -0.39 is 0 Å². The van der Waals surface area contributed by atoms with E-state index in [4.69, 9.17) is 8.83 Å². The van der Waals surface area contributed by atoms with E-state index in [1.807, 2.05) is 12.1 Å². The van der Waals surface area contributed by atoms with Crippen molar-refractivity contribution in [1.29, 1.82) is 0 Å². The summed E-state index contributed by atoms with van der Waals surface area (Å²) in [7, 11) is 0. The summed E-state index contributed by atoms with van der Waals surface area (Å²) < 4.78 is 12.6. The molecule has 0 unspecified atom stereocenters. The molecule has 4 heterocycles. The topological polar surface area (TPSA) is 32.8 Å². The summed E-state index contributed by atoms with van der Waals surface area (Å²) in [4.78, 5) is 4.91. The number of rotatable bonds is 3. The van der Waals surface area contributed by atoms with Crippen LogP contribution >= 0.6 is 0 Å². The van der Waals surface area contributed by atoms with Gasteiger partial charge in [0.1, 0.15) is 22.3 Å². The van der Waals surface area contributed by atoms with Crippen LogP contribution in [0.3, 0.4) is 0 Å². The number of fused-ring (bicyclic) bond motifs is 12. The van der Waals surface area contributed by atoms with Crippen molar-refractivity contribution < 1.29 is 8.83 Å². The van der Waals surface area contributed by atoms with E-state index >= 15 is 0 Å². The Kier molecular flexibility index (Phi) is 6.22. The molecular formula is C52H31BN2O2. The summed E-state index contributed by atoms with van der Waals surface area (Å²) in [6.07, 6.45) is 0. The van der Waals surface area contributed by atoms with Crippen molar-refractivity contribution in [3.8, 4) is 11.1 Å². The molecule has 0 saturated carbocycles. The van der Waals surface area contributed by atoms with Gasteiger partial charge in [0.05, 0.1) is 0 Å². The Morgan fingerprint density at radius 1 is 0.351 bits per heavy atom. The molecule has 264 valence electrons. The first-order valence-corrected chi connectivity index (χ1v) is 19.5. The predicted octanol–water partition coefficient (Wildman–Crippen LogP) is 12.4. The normalized spacial score (nSPS) is 13.2. The molecule has 0 radical (unpaired) electrons. The van der Waals surface area contributed by atoms with Gasteiger partial charge in [-0.3, -0.25) is 0 Å². The smallest absolute Gasteiger partial charge is 0.252 e. The Balaban J connectivity index is 0.982. The Morgan fingerprint density at radius 3 is 1.72 bits per heavy atom. The lowest BCUT2D eigenvalue weighted by molar-refractivity contribution is 0.668. The average molecular weight is 727 g/mol. The highest BCUT2D eigenvalue weighted by Crippen LogP contribution is 2.46. The first kappa shape index (κ1) is 30.8. The molecule has 0 saturated heterocycles. The second-order valence-corrected chi connectivity index (χ2v) is 15.2. The Labute approximate surface area is 328 Å². The molecule has 5 heteroatoms. The summed E-state index contributed by atoms with van der Waals surface area (Å²) in [6.45, 7) is 0.0781. The van der Waals surface area contributed by atoms with Gasteiger partial charge in [-0.05, 0) is 117 Å². The minimum absolute atomic E-state index is 0.0781. The monoisotopic (exact) mass is 726 g/mol. The Morgan fingerprint density at radius 2 is 0.912 bits per heavy atom. The summed E-state index contributed by atoms with van der Waals surface area (Å²) >= 11 is 0. The molecule has 57 heavy (non-hydrogen) atoms. The number of anilines is 6. The molecule has 2 aliphatic rings. The van der Waals surface area contributed by atoms with E-state index in [1.54, 1.807) is 0 Å². The molecule has 0 fully saturated rings. The predicted molar refractivity (Wildman–Crippen MR) is 238 cm³/mol. The lowest BCUT2D eigenvalue weighted by atomic mass is 9.33. The second kappa shape index (κ2) is 11.5. The standard InChI is InChI=1S/C52H31BN2O2/c1-2-11-37-33(10-1)22-28-50-51(37)40-31-36(26-29-49(40)57-50)55-44-16-7-5-14-42(44)53-41-13-4-6-15-43(41)54(45-17-9-18-46(55)52(45)53)35-24-20-32(21-25-35)34-23-27-48-39(30-34)38-12-3-8-19-47(38)56-48/h1-31H. The number of furan rings is 2. The van der Waals surface area contributed by atoms with E-state index in [0.717, 1.165) is 55.3 Å². The summed E-state index contributed by atoms with van der Waals surface area (Å²) in [5.41, 5.74) is 16.9. The van der Waals surface area contributed by atoms with Gasteiger partial charge in [0.15, 0.2) is 0 Å². The van der Waals surface area contributed by atoms with Gasteiger partial charge in [-0.2, -0.15) is 0 Å². The van der Waals surface area contributed by atoms with E-state index in [2.05, 4.69) is 186 Å². The van der Waals surface area contributed by atoms with Crippen LogP contribution < -0.4 is 26.2 Å². The highest BCUT2D eigenvalue weighted by Gasteiger charge is 2.42. The highest BCUT2D eigenvalue weighted by atomic mass is 16.3. The maximum Gasteiger partial charge on any atom is 0.252 e. The van der Waals surface area contributed by atoms with E-state index in [9.17, 15) is 0 Å². The third-order valence-corrected chi connectivity index (χ3v) is 12.2. The minimum Gasteiger partial charge on any atom is -0.456 e. The van der Waals surface area contributed by atoms with Crippen molar-refractivity contribution in [2.24, 2.45) is 0 Å². The first-order chi connectivity index (χ1) is 28.3. The lowest BCUT2D eigenvalue weighted by Gasteiger charge is -2.44. The number of para-hydroxylation sites is 3. The number of hydrogen-bond acceptors (Lipinski definition) is 4. The quantitative estimate of drug-likeness (QED) is 0.170. The molecule has 0 spiro atoms. The molecule has 0 bridgehead atoms. The zero-order valence-electron chi connectivity index (χ0n) is 30.7. The van der Waals surface area contributed by atoms with Crippen LogP contribution in [0.1, 0.15) is 0 Å². The number of hydrogen-bond donors (Lipinski definition) is 0. The highest BCUT2D eigenvalue weighted by molar-refractivity contribution is 7.00. The largest absolute Gasteiger partial charge is 0.456 e. The molecule has 0 aliphatic carbocycles. The maximum atomic E-state index is 6.45. The SMILES string of the molecule is c1ccc2c(c1)B1c3ccccc3N(c3ccc4oc5ccc6ccccc6c5c4c3)c3cccc(c31)N2c1ccc(-c2ccc3oc4ccccc4c3c2)cc1. The van der Waals surface area contributed by atoms with Crippen LogP contribution in [0.25, 0.3) is 65.8 Å². The molecule has 2 aliphatic heterocycles. The maximum absolute atomic E-state index is 6.45. The molecule has 11 aromatic rings. The van der Waals surface area contributed by atoms with Gasteiger partial charge < -0.3 is 18.6 Å². The van der Waals surface area contributed by atoms with Gasteiger partial charge in [-0.15, -0.1) is 0 Å². The fourth-order valence-corrected chi connectivity index (χ4v) is 9.77.